The number of alkyl halides is 2. The molecule has 1 heterocycles. The summed E-state index contributed by atoms with van der Waals surface area (Å²) in [7, 11) is -0.900. The smallest absolute Gasteiger partial charge is 0.387 e. The molecule has 23 heavy (non-hydrogen) atoms. The van der Waals surface area contributed by atoms with E-state index in [9.17, 15) is 17.2 Å². The van der Waals surface area contributed by atoms with Gasteiger partial charge in [-0.1, -0.05) is 23.7 Å². The monoisotopic (exact) mass is 365 g/mol. The second-order valence-electron chi connectivity index (χ2n) is 4.73. The van der Waals surface area contributed by atoms with Crippen LogP contribution in [0.2, 0.25) is 5.15 Å². The van der Waals surface area contributed by atoms with Crippen molar-refractivity contribution in [2.45, 2.75) is 18.2 Å². The Morgan fingerprint density at radius 1 is 1.35 bits per heavy atom. The molecule has 0 spiro atoms. The molecular weight excluding hydrogens is 352 g/mol. The zero-order chi connectivity index (χ0) is 17.2. The van der Waals surface area contributed by atoms with Gasteiger partial charge in [0.25, 0.3) is 10.0 Å². The quantitative estimate of drug-likeness (QED) is 0.789. The molecule has 0 unspecified atom stereocenters. The number of rotatable bonds is 6. The maximum Gasteiger partial charge on any atom is 0.387 e. The van der Waals surface area contributed by atoms with Crippen molar-refractivity contribution >= 4 is 21.6 Å². The van der Waals surface area contributed by atoms with Crippen LogP contribution in [0.15, 0.2) is 35.6 Å². The number of imidazole rings is 1. The number of sulfonamides is 1. The summed E-state index contributed by atoms with van der Waals surface area (Å²) < 4.78 is 55.7. The Bertz CT molecular complexity index is 778. The Balaban J connectivity index is 2.15. The number of halogens is 3. The summed E-state index contributed by atoms with van der Waals surface area (Å²) in [5.74, 6) is 0.00188. The van der Waals surface area contributed by atoms with Crippen molar-refractivity contribution in [1.82, 2.24) is 13.9 Å². The van der Waals surface area contributed by atoms with E-state index in [2.05, 4.69) is 9.72 Å². The standard InChI is InChI=1S/C13H14ClF2N3O3S/c1-18-8-17-12(11(18)14)23(20,21)19(2)7-9-3-5-10(6-4-9)22-13(15)16/h3-6,8,13H,7H2,1-2H3. The van der Waals surface area contributed by atoms with E-state index in [4.69, 9.17) is 11.6 Å². The van der Waals surface area contributed by atoms with E-state index in [1.807, 2.05) is 0 Å². The molecule has 0 aliphatic heterocycles. The molecule has 1 aromatic carbocycles. The molecule has 0 aliphatic rings. The van der Waals surface area contributed by atoms with E-state index < -0.39 is 16.6 Å². The molecule has 10 heteroatoms. The van der Waals surface area contributed by atoms with Gasteiger partial charge in [0.05, 0.1) is 6.33 Å². The van der Waals surface area contributed by atoms with E-state index >= 15 is 0 Å². The molecule has 0 fully saturated rings. The highest BCUT2D eigenvalue weighted by molar-refractivity contribution is 7.89. The summed E-state index contributed by atoms with van der Waals surface area (Å²) in [5.41, 5.74) is 0.602. The third kappa shape index (κ3) is 3.98. The zero-order valence-electron chi connectivity index (χ0n) is 12.3. The summed E-state index contributed by atoms with van der Waals surface area (Å²) in [6.45, 7) is -2.88. The molecule has 2 rings (SSSR count). The third-order valence-electron chi connectivity index (χ3n) is 3.04. The summed E-state index contributed by atoms with van der Waals surface area (Å²) in [5, 5.41) is -0.223. The average molecular weight is 366 g/mol. The van der Waals surface area contributed by atoms with Gasteiger partial charge in [-0.2, -0.15) is 13.1 Å². The van der Waals surface area contributed by atoms with Crippen molar-refractivity contribution in [3.63, 3.8) is 0 Å². The minimum atomic E-state index is -3.86. The van der Waals surface area contributed by atoms with Crippen molar-refractivity contribution in [3.8, 4) is 5.75 Å². The molecular formula is C13H14ClF2N3O3S. The van der Waals surface area contributed by atoms with Gasteiger partial charge < -0.3 is 9.30 Å². The lowest BCUT2D eigenvalue weighted by Gasteiger charge is -2.16. The Labute approximate surface area is 137 Å². The lowest BCUT2D eigenvalue weighted by Crippen LogP contribution is -2.27. The van der Waals surface area contributed by atoms with Gasteiger partial charge in [0.1, 0.15) is 10.9 Å². The Morgan fingerprint density at radius 3 is 2.43 bits per heavy atom. The number of aromatic nitrogens is 2. The number of aryl methyl sites for hydroxylation is 1. The van der Waals surface area contributed by atoms with Gasteiger partial charge >= 0.3 is 6.61 Å². The molecule has 0 amide bonds. The second-order valence-corrected chi connectivity index (χ2v) is 7.05. The minimum absolute atomic E-state index is 0.00188. The highest BCUT2D eigenvalue weighted by Gasteiger charge is 2.27. The summed E-state index contributed by atoms with van der Waals surface area (Å²) in [4.78, 5) is 3.79. The SMILES string of the molecule is CN(Cc1ccc(OC(F)F)cc1)S(=O)(=O)c1ncn(C)c1Cl. The first kappa shape index (κ1) is 17.6. The Morgan fingerprint density at radius 2 is 1.96 bits per heavy atom. The van der Waals surface area contributed by atoms with Crippen LogP contribution in [0.3, 0.4) is 0 Å². The first-order valence-electron chi connectivity index (χ1n) is 6.38. The van der Waals surface area contributed by atoms with Gasteiger partial charge in [-0.15, -0.1) is 0 Å². The molecule has 0 radical (unpaired) electrons. The highest BCUT2D eigenvalue weighted by Crippen LogP contribution is 2.23. The predicted octanol–water partition coefficient (Wildman–Crippen LogP) is 2.50. The van der Waals surface area contributed by atoms with Crippen molar-refractivity contribution < 1.29 is 21.9 Å². The van der Waals surface area contributed by atoms with E-state index in [0.29, 0.717) is 5.56 Å². The average Bonchev–Trinajstić information content (AvgIpc) is 2.81. The van der Waals surface area contributed by atoms with Gasteiger partial charge in [-0.05, 0) is 17.7 Å². The fourth-order valence-corrected chi connectivity index (χ4v) is 3.37. The van der Waals surface area contributed by atoms with Crippen molar-refractivity contribution in [2.75, 3.05) is 7.05 Å². The van der Waals surface area contributed by atoms with Crippen molar-refractivity contribution in [2.24, 2.45) is 7.05 Å². The van der Waals surface area contributed by atoms with Crippen molar-refractivity contribution in [1.29, 1.82) is 0 Å². The van der Waals surface area contributed by atoms with Crippen LogP contribution in [0.25, 0.3) is 0 Å². The van der Waals surface area contributed by atoms with E-state index in [1.165, 1.54) is 42.2 Å². The summed E-state index contributed by atoms with van der Waals surface area (Å²) in [6, 6.07) is 5.69. The van der Waals surface area contributed by atoms with Crippen LogP contribution in [-0.2, 0) is 23.6 Å². The van der Waals surface area contributed by atoms with Crippen LogP contribution < -0.4 is 4.74 Å². The van der Waals surface area contributed by atoms with Crippen LogP contribution in [-0.4, -0.2) is 35.9 Å². The molecule has 2 aromatic rings. The number of hydrogen-bond donors (Lipinski definition) is 0. The largest absolute Gasteiger partial charge is 0.435 e. The molecule has 0 N–H and O–H groups in total. The van der Waals surface area contributed by atoms with Gasteiger partial charge in [-0.25, -0.2) is 13.4 Å². The summed E-state index contributed by atoms with van der Waals surface area (Å²) in [6.07, 6.45) is 1.31. The molecule has 0 bridgehead atoms. The second kappa shape index (κ2) is 6.81. The Hall–Kier alpha value is -1.71. The topological polar surface area (TPSA) is 64.4 Å². The highest BCUT2D eigenvalue weighted by atomic mass is 35.5. The van der Waals surface area contributed by atoms with Crippen LogP contribution in [0.1, 0.15) is 5.56 Å². The van der Waals surface area contributed by atoms with Gasteiger partial charge in [0, 0.05) is 20.6 Å². The van der Waals surface area contributed by atoms with Crippen molar-refractivity contribution in [3.05, 3.63) is 41.3 Å². The van der Waals surface area contributed by atoms with E-state index in [-0.39, 0.29) is 22.5 Å². The van der Waals surface area contributed by atoms with Crippen LogP contribution in [0, 0.1) is 0 Å². The van der Waals surface area contributed by atoms with Gasteiger partial charge in [-0.3, -0.25) is 0 Å². The van der Waals surface area contributed by atoms with Crippen LogP contribution in [0.4, 0.5) is 8.78 Å². The first-order chi connectivity index (χ1) is 10.7. The van der Waals surface area contributed by atoms with Crippen LogP contribution >= 0.6 is 11.6 Å². The predicted molar refractivity (Wildman–Crippen MR) is 79.9 cm³/mol. The molecule has 0 atom stereocenters. The lowest BCUT2D eigenvalue weighted by molar-refractivity contribution is -0.0498. The summed E-state index contributed by atoms with van der Waals surface area (Å²) >= 11 is 5.92. The molecule has 126 valence electrons. The fraction of sp³-hybridized carbons (Fsp3) is 0.308. The zero-order valence-corrected chi connectivity index (χ0v) is 13.9. The number of nitrogens with zero attached hydrogens (tertiary/aromatic N) is 3. The maximum atomic E-state index is 12.4. The normalized spacial score (nSPS) is 12.1. The maximum absolute atomic E-state index is 12.4. The lowest BCUT2D eigenvalue weighted by atomic mass is 10.2. The van der Waals surface area contributed by atoms with E-state index in [1.54, 1.807) is 7.05 Å². The molecule has 0 saturated heterocycles. The number of hydrogen-bond acceptors (Lipinski definition) is 4. The Kier molecular flexibility index (Phi) is 5.23. The fourth-order valence-electron chi connectivity index (χ4n) is 1.83. The first-order valence-corrected chi connectivity index (χ1v) is 8.20. The molecule has 6 nitrogen and oxygen atoms in total. The van der Waals surface area contributed by atoms with E-state index in [0.717, 1.165) is 4.31 Å². The number of benzene rings is 1. The molecule has 0 aliphatic carbocycles. The minimum Gasteiger partial charge on any atom is -0.435 e. The third-order valence-corrected chi connectivity index (χ3v) is 5.34. The van der Waals surface area contributed by atoms with Crippen LogP contribution in [0.5, 0.6) is 5.75 Å². The van der Waals surface area contributed by atoms with Gasteiger partial charge in [0.15, 0.2) is 0 Å². The molecule has 1 aromatic heterocycles. The number of ether oxygens (including phenoxy) is 1. The molecule has 0 saturated carbocycles. The van der Waals surface area contributed by atoms with Gasteiger partial charge in [0.2, 0.25) is 5.03 Å².